The first-order valence-electron chi connectivity index (χ1n) is 9.86. The number of hydrogen-bond acceptors (Lipinski definition) is 9. The quantitative estimate of drug-likeness (QED) is 0.279. The number of aliphatic carboxylic acids is 1. The summed E-state index contributed by atoms with van der Waals surface area (Å²) in [4.78, 5) is 38.6. The Balaban J connectivity index is 1.41. The number of carboxylic acid groups (broad SMARTS) is 1. The number of amides is 3. The van der Waals surface area contributed by atoms with Crippen LogP contribution >= 0.6 is 34.9 Å². The van der Waals surface area contributed by atoms with Crippen LogP contribution in [0.5, 0.6) is 0 Å². The number of ether oxygens (including phenoxy) is 1. The molecule has 0 radical (unpaired) electrons. The number of rotatable bonds is 8. The summed E-state index contributed by atoms with van der Waals surface area (Å²) in [6.07, 6.45) is -0.682. The maximum absolute atomic E-state index is 12.8. The molecule has 4 rings (SSSR count). The van der Waals surface area contributed by atoms with Crippen LogP contribution in [0.3, 0.4) is 0 Å². The Hall–Kier alpha value is -2.61. The van der Waals surface area contributed by atoms with Gasteiger partial charge in [0.1, 0.15) is 22.1 Å². The summed E-state index contributed by atoms with van der Waals surface area (Å²) in [6, 6.07) is 7.75. The molecule has 1 fully saturated rings. The highest BCUT2D eigenvalue weighted by atomic mass is 32.2. The van der Waals surface area contributed by atoms with E-state index in [0.717, 1.165) is 14.9 Å². The molecule has 0 spiro atoms. The topological polar surface area (TPSA) is 134 Å². The fourth-order valence-corrected chi connectivity index (χ4v) is 6.79. The van der Waals surface area contributed by atoms with E-state index >= 15 is 0 Å². The number of aromatic nitrogens is 2. The number of methoxy groups -OCH3 is 1. The largest absolute Gasteiger partial charge is 0.477 e. The second kappa shape index (κ2) is 10.1. The number of benzene rings is 1. The first kappa shape index (κ1) is 23.5. The van der Waals surface area contributed by atoms with Gasteiger partial charge in [0.05, 0.1) is 0 Å². The fourth-order valence-electron chi connectivity index (χ4n) is 3.49. The van der Waals surface area contributed by atoms with E-state index in [1.54, 1.807) is 0 Å². The van der Waals surface area contributed by atoms with Gasteiger partial charge in [-0.1, -0.05) is 53.4 Å². The summed E-state index contributed by atoms with van der Waals surface area (Å²) in [7, 11) is 1.47. The molecule has 2 unspecified atom stereocenters. The van der Waals surface area contributed by atoms with Crippen molar-refractivity contribution in [2.24, 2.45) is 0 Å². The lowest BCUT2D eigenvalue weighted by atomic mass is 10.0. The third-order valence-corrected chi connectivity index (χ3v) is 8.41. The standard InChI is InChI=1S/C20H21N5O5S3/c1-10-23-24-20(33-10)32-9-12-8-31-17-13(16(26)25(17)14(12)18(27)28)21-19(29)22-15(30-2)11-6-4-3-5-7-11/h3-7,13,15,17H,8-9H2,1-2H3,(H,27,28)(H2,21,22,29)/t13?,15?,17-/m0/s1. The number of carbonyl (C=O) groups excluding carboxylic acids is 2. The molecule has 0 bridgehead atoms. The summed E-state index contributed by atoms with van der Waals surface area (Å²) in [5.74, 6) is -0.789. The van der Waals surface area contributed by atoms with Gasteiger partial charge in [0.2, 0.25) is 0 Å². The van der Waals surface area contributed by atoms with E-state index in [4.69, 9.17) is 4.74 Å². The molecule has 2 aliphatic heterocycles. The number of nitrogens with one attached hydrogen (secondary N) is 2. The van der Waals surface area contributed by atoms with Crippen molar-refractivity contribution in [3.05, 3.63) is 52.2 Å². The SMILES string of the molecule is COC(NC(=O)NC1C(=O)N2C(C(=O)O)=C(CSc3nnc(C)s3)CS[C@@H]12)c1ccccc1. The minimum absolute atomic E-state index is 0.0185. The van der Waals surface area contributed by atoms with Gasteiger partial charge in [0, 0.05) is 24.2 Å². The van der Waals surface area contributed by atoms with Crippen LogP contribution in [0.15, 0.2) is 45.9 Å². The summed E-state index contributed by atoms with van der Waals surface area (Å²) < 4.78 is 6.08. The van der Waals surface area contributed by atoms with E-state index in [9.17, 15) is 19.5 Å². The number of thioether (sulfide) groups is 2. The van der Waals surface area contributed by atoms with Crippen LogP contribution in [0.2, 0.25) is 0 Å². The lowest BCUT2D eigenvalue weighted by Gasteiger charge is -2.49. The van der Waals surface area contributed by atoms with Crippen molar-refractivity contribution < 1.29 is 24.2 Å². The summed E-state index contributed by atoms with van der Waals surface area (Å²) in [6.45, 7) is 1.85. The molecule has 2 aromatic rings. The molecule has 3 heterocycles. The first-order valence-corrected chi connectivity index (χ1v) is 12.7. The van der Waals surface area contributed by atoms with Crippen molar-refractivity contribution in [3.8, 4) is 0 Å². The highest BCUT2D eigenvalue weighted by Crippen LogP contribution is 2.41. The van der Waals surface area contributed by atoms with Crippen molar-refractivity contribution in [1.29, 1.82) is 0 Å². The van der Waals surface area contributed by atoms with Gasteiger partial charge in [-0.2, -0.15) is 0 Å². The van der Waals surface area contributed by atoms with Crippen LogP contribution in [0.4, 0.5) is 4.79 Å². The van der Waals surface area contributed by atoms with E-state index in [0.29, 0.717) is 17.1 Å². The second-order valence-corrected chi connectivity index (χ2v) is 10.7. The Morgan fingerprint density at radius 1 is 1.33 bits per heavy atom. The number of nitrogens with zero attached hydrogens (tertiary/aromatic N) is 3. The molecule has 1 aromatic heterocycles. The zero-order valence-electron chi connectivity index (χ0n) is 17.7. The molecular formula is C20H21N5O5S3. The van der Waals surface area contributed by atoms with Gasteiger partial charge in [-0.05, 0) is 12.5 Å². The van der Waals surface area contributed by atoms with Crippen molar-refractivity contribution in [2.45, 2.75) is 28.9 Å². The molecule has 1 saturated heterocycles. The van der Waals surface area contributed by atoms with Gasteiger partial charge in [-0.3, -0.25) is 9.69 Å². The Bertz CT molecular complexity index is 1090. The molecule has 2 aliphatic rings. The molecule has 3 atom stereocenters. The van der Waals surface area contributed by atoms with E-state index in [1.165, 1.54) is 46.9 Å². The second-order valence-electron chi connectivity index (χ2n) is 7.16. The Morgan fingerprint density at radius 3 is 2.73 bits per heavy atom. The number of hydrogen-bond donors (Lipinski definition) is 3. The van der Waals surface area contributed by atoms with Crippen molar-refractivity contribution in [2.75, 3.05) is 18.6 Å². The van der Waals surface area contributed by atoms with Gasteiger partial charge in [-0.15, -0.1) is 22.0 Å². The number of urea groups is 1. The third-order valence-electron chi connectivity index (χ3n) is 5.01. The number of carboxylic acids is 1. The van der Waals surface area contributed by atoms with Crippen molar-refractivity contribution >= 4 is 52.8 Å². The molecule has 0 aliphatic carbocycles. The van der Waals surface area contributed by atoms with E-state index < -0.39 is 35.6 Å². The number of fused-ring (bicyclic) bond motifs is 1. The molecule has 174 valence electrons. The minimum Gasteiger partial charge on any atom is -0.477 e. The lowest BCUT2D eigenvalue weighted by molar-refractivity contribution is -0.148. The first-order chi connectivity index (χ1) is 15.9. The molecular weight excluding hydrogens is 486 g/mol. The maximum atomic E-state index is 12.8. The number of β-lactam (4-membered cyclic amide) rings is 1. The van der Waals surface area contributed by atoms with Gasteiger partial charge in [0.15, 0.2) is 10.6 Å². The molecule has 3 N–H and O–H groups in total. The van der Waals surface area contributed by atoms with E-state index in [-0.39, 0.29) is 5.70 Å². The third kappa shape index (κ3) is 5.00. The number of aryl methyl sites for hydroxylation is 1. The smallest absolute Gasteiger partial charge is 0.352 e. The minimum atomic E-state index is -1.16. The zero-order chi connectivity index (χ0) is 23.5. The summed E-state index contributed by atoms with van der Waals surface area (Å²) in [5.41, 5.74) is 1.38. The normalized spacial score (nSPS) is 20.7. The van der Waals surface area contributed by atoms with Crippen LogP contribution in [-0.4, -0.2) is 68.1 Å². The van der Waals surface area contributed by atoms with E-state index in [1.807, 2.05) is 37.3 Å². The molecule has 3 amide bonds. The Morgan fingerprint density at radius 2 is 2.09 bits per heavy atom. The highest BCUT2D eigenvalue weighted by Gasteiger charge is 2.54. The summed E-state index contributed by atoms with van der Waals surface area (Å²) >= 11 is 4.25. The van der Waals surface area contributed by atoms with Crippen LogP contribution in [0.25, 0.3) is 0 Å². The Kier molecular flexibility index (Phi) is 7.22. The predicted molar refractivity (Wildman–Crippen MR) is 125 cm³/mol. The zero-order valence-corrected chi connectivity index (χ0v) is 20.1. The molecule has 0 saturated carbocycles. The molecule has 13 heteroatoms. The maximum Gasteiger partial charge on any atom is 0.352 e. The Labute approximate surface area is 202 Å². The molecule has 10 nitrogen and oxygen atoms in total. The van der Waals surface area contributed by atoms with Crippen LogP contribution < -0.4 is 10.6 Å². The van der Waals surface area contributed by atoms with E-state index in [2.05, 4.69) is 20.8 Å². The van der Waals surface area contributed by atoms with Crippen molar-refractivity contribution in [3.63, 3.8) is 0 Å². The van der Waals surface area contributed by atoms with Gasteiger partial charge in [0.25, 0.3) is 5.91 Å². The monoisotopic (exact) mass is 507 g/mol. The average Bonchev–Trinajstić information content (AvgIpc) is 3.24. The number of carbonyl (C=O) groups is 3. The average molecular weight is 508 g/mol. The van der Waals surface area contributed by atoms with Crippen LogP contribution in [-0.2, 0) is 14.3 Å². The van der Waals surface area contributed by atoms with Gasteiger partial charge in [-0.25, -0.2) is 9.59 Å². The highest BCUT2D eigenvalue weighted by molar-refractivity contribution is 8.01. The molecule has 33 heavy (non-hydrogen) atoms. The predicted octanol–water partition coefficient (Wildman–Crippen LogP) is 2.21. The van der Waals surface area contributed by atoms with Crippen LogP contribution in [0.1, 0.15) is 16.8 Å². The lowest BCUT2D eigenvalue weighted by Crippen LogP contribution is -2.71. The summed E-state index contributed by atoms with van der Waals surface area (Å²) in [5, 5.41) is 23.5. The molecule has 1 aromatic carbocycles. The van der Waals surface area contributed by atoms with Gasteiger partial charge < -0.3 is 20.5 Å². The van der Waals surface area contributed by atoms with Crippen LogP contribution in [0, 0.1) is 6.92 Å². The fraction of sp³-hybridized carbons (Fsp3) is 0.350. The van der Waals surface area contributed by atoms with Crippen molar-refractivity contribution in [1.82, 2.24) is 25.7 Å². The van der Waals surface area contributed by atoms with Gasteiger partial charge >= 0.3 is 12.0 Å².